The Balaban J connectivity index is 0. The van der Waals surface area contributed by atoms with Crippen LogP contribution in [-0.4, -0.2) is 25.0 Å². The first-order chi connectivity index (χ1) is 7.19. The molecule has 0 aliphatic carbocycles. The molecule has 0 atom stereocenters. The fourth-order valence-corrected chi connectivity index (χ4v) is 1.01. The van der Waals surface area contributed by atoms with E-state index in [1.165, 1.54) is 0 Å². The molecular weight excluding hydrogens is 267 g/mol. The van der Waals surface area contributed by atoms with Gasteiger partial charge in [0, 0.05) is 0 Å². The van der Waals surface area contributed by atoms with Crippen LogP contribution in [0.25, 0.3) is 0 Å². The number of ether oxygens (including phenoxy) is 2. The Hall–Kier alpha value is -1.20. The summed E-state index contributed by atoms with van der Waals surface area (Å²) in [7, 11) is 0. The second-order valence-corrected chi connectivity index (χ2v) is 2.69. The van der Waals surface area contributed by atoms with E-state index in [9.17, 15) is 0 Å². The first-order valence-electron chi connectivity index (χ1n) is 4.72. The highest BCUT2D eigenvalue weighted by Crippen LogP contribution is 2.10. The Kier molecular flexibility index (Phi) is 9.51. The van der Waals surface area contributed by atoms with Crippen LogP contribution < -0.4 is 0 Å². The minimum Gasteiger partial charge on any atom is -0.476 e. The molecule has 1 aromatic heterocycles. The Morgan fingerprint density at radius 1 is 1.00 bits per heavy atom. The normalized spacial score (nSPS) is 8.59. The molecule has 2 N–H and O–H groups in total. The van der Waals surface area contributed by atoms with E-state index in [1.807, 2.05) is 0 Å². The van der Waals surface area contributed by atoms with Gasteiger partial charge in [0.05, 0.1) is 13.2 Å². The molecule has 98 valence electrons. The standard InChI is InChI=1S/C10H14N2O3.2ClH/c1-3-13-9(11)7-5-6-8(15-7)10(12)14-4-2;;/h5-6,11-12H,3-4H2,1-2H3;2*1H. The van der Waals surface area contributed by atoms with Gasteiger partial charge < -0.3 is 13.9 Å². The number of nitrogens with one attached hydrogen (secondary N) is 2. The molecule has 0 fully saturated rings. The molecule has 0 aromatic carbocycles. The minimum atomic E-state index is -0.0342. The average molecular weight is 283 g/mol. The number of rotatable bonds is 4. The zero-order valence-electron chi connectivity index (χ0n) is 9.61. The lowest BCUT2D eigenvalue weighted by atomic mass is 10.4. The summed E-state index contributed by atoms with van der Waals surface area (Å²) in [6.45, 7) is 4.41. The van der Waals surface area contributed by atoms with Crippen molar-refractivity contribution < 1.29 is 13.9 Å². The van der Waals surface area contributed by atoms with Crippen LogP contribution >= 0.6 is 24.8 Å². The van der Waals surface area contributed by atoms with E-state index in [-0.39, 0.29) is 36.6 Å². The molecule has 0 saturated carbocycles. The number of hydrogen-bond acceptors (Lipinski definition) is 5. The third kappa shape index (κ3) is 5.10. The van der Waals surface area contributed by atoms with Crippen molar-refractivity contribution in [3.63, 3.8) is 0 Å². The Morgan fingerprint density at radius 3 is 1.65 bits per heavy atom. The van der Waals surface area contributed by atoms with Crippen LogP contribution in [0, 0.1) is 10.8 Å². The highest BCUT2D eigenvalue weighted by atomic mass is 35.5. The number of furan rings is 1. The molecule has 0 aliphatic heterocycles. The predicted octanol–water partition coefficient (Wildman–Crippen LogP) is 2.85. The van der Waals surface area contributed by atoms with Crippen LogP contribution in [-0.2, 0) is 9.47 Å². The minimum absolute atomic E-state index is 0. The van der Waals surface area contributed by atoms with Crippen molar-refractivity contribution >= 4 is 36.6 Å². The van der Waals surface area contributed by atoms with Crippen LogP contribution in [0.3, 0.4) is 0 Å². The monoisotopic (exact) mass is 282 g/mol. The van der Waals surface area contributed by atoms with Gasteiger partial charge in [-0.25, -0.2) is 0 Å². The number of halogens is 2. The highest BCUT2D eigenvalue weighted by molar-refractivity contribution is 5.93. The van der Waals surface area contributed by atoms with Crippen LogP contribution in [0.2, 0.25) is 0 Å². The lowest BCUT2D eigenvalue weighted by Gasteiger charge is -2.02. The number of hydrogen-bond donors (Lipinski definition) is 2. The van der Waals surface area contributed by atoms with Crippen molar-refractivity contribution in [2.45, 2.75) is 13.8 Å². The maximum Gasteiger partial charge on any atom is 0.250 e. The smallest absolute Gasteiger partial charge is 0.250 e. The Morgan fingerprint density at radius 2 is 1.35 bits per heavy atom. The fraction of sp³-hybridized carbons (Fsp3) is 0.400. The Bertz CT molecular complexity index is 334. The molecule has 5 nitrogen and oxygen atoms in total. The summed E-state index contributed by atoms with van der Waals surface area (Å²) in [5.74, 6) is 0.536. The van der Waals surface area contributed by atoms with Gasteiger partial charge in [-0.3, -0.25) is 10.8 Å². The third-order valence-electron chi connectivity index (χ3n) is 1.63. The van der Waals surface area contributed by atoms with Crippen LogP contribution in [0.15, 0.2) is 16.5 Å². The second kappa shape index (κ2) is 8.90. The third-order valence-corrected chi connectivity index (χ3v) is 1.63. The largest absolute Gasteiger partial charge is 0.476 e. The van der Waals surface area contributed by atoms with E-state index in [1.54, 1.807) is 26.0 Å². The SMILES string of the molecule is CCOC(=N)c1ccc(C(=N)OCC)o1.Cl.Cl. The van der Waals surface area contributed by atoms with Crippen molar-refractivity contribution in [3.05, 3.63) is 23.7 Å². The van der Waals surface area contributed by atoms with Crippen molar-refractivity contribution in [2.75, 3.05) is 13.2 Å². The van der Waals surface area contributed by atoms with Crippen molar-refractivity contribution in [2.24, 2.45) is 0 Å². The first kappa shape index (κ1) is 18.2. The lowest BCUT2D eigenvalue weighted by Crippen LogP contribution is -2.05. The zero-order chi connectivity index (χ0) is 11.3. The summed E-state index contributed by atoms with van der Waals surface area (Å²) in [4.78, 5) is 0. The first-order valence-corrected chi connectivity index (χ1v) is 4.72. The quantitative estimate of drug-likeness (QED) is 0.658. The molecule has 0 saturated heterocycles. The van der Waals surface area contributed by atoms with Gasteiger partial charge >= 0.3 is 0 Å². The summed E-state index contributed by atoms with van der Waals surface area (Å²) < 4.78 is 15.1. The van der Waals surface area contributed by atoms with Crippen LogP contribution in [0.1, 0.15) is 25.4 Å². The van der Waals surface area contributed by atoms with Gasteiger partial charge in [-0.15, -0.1) is 24.8 Å². The maximum atomic E-state index is 7.46. The predicted molar refractivity (Wildman–Crippen MR) is 70.1 cm³/mol. The fourth-order valence-electron chi connectivity index (χ4n) is 1.01. The van der Waals surface area contributed by atoms with Gasteiger partial charge in [0.2, 0.25) is 11.8 Å². The molecule has 0 radical (unpaired) electrons. The summed E-state index contributed by atoms with van der Waals surface area (Å²) in [6.07, 6.45) is 0. The van der Waals surface area contributed by atoms with E-state index in [0.29, 0.717) is 24.7 Å². The molecule has 0 bridgehead atoms. The highest BCUT2D eigenvalue weighted by Gasteiger charge is 2.12. The van der Waals surface area contributed by atoms with Gasteiger partial charge in [0.25, 0.3) is 0 Å². The lowest BCUT2D eigenvalue weighted by molar-refractivity contribution is 0.306. The van der Waals surface area contributed by atoms with Crippen molar-refractivity contribution in [1.29, 1.82) is 10.8 Å². The van der Waals surface area contributed by atoms with Gasteiger partial charge in [-0.2, -0.15) is 0 Å². The average Bonchev–Trinajstić information content (AvgIpc) is 2.67. The topological polar surface area (TPSA) is 79.3 Å². The molecule has 1 rings (SSSR count). The Labute approximate surface area is 112 Å². The molecule has 0 amide bonds. The molecular formula is C10H16Cl2N2O3. The van der Waals surface area contributed by atoms with Gasteiger partial charge in [-0.05, 0) is 26.0 Å². The van der Waals surface area contributed by atoms with Crippen LogP contribution in [0.4, 0.5) is 0 Å². The van der Waals surface area contributed by atoms with E-state index in [4.69, 9.17) is 24.7 Å². The van der Waals surface area contributed by atoms with Gasteiger partial charge in [-0.1, -0.05) is 0 Å². The summed E-state index contributed by atoms with van der Waals surface area (Å²) in [5, 5.41) is 14.9. The van der Waals surface area contributed by atoms with Crippen molar-refractivity contribution in [3.8, 4) is 0 Å². The second-order valence-electron chi connectivity index (χ2n) is 2.69. The summed E-state index contributed by atoms with van der Waals surface area (Å²) in [5.41, 5.74) is 0. The van der Waals surface area contributed by atoms with E-state index < -0.39 is 0 Å². The van der Waals surface area contributed by atoms with Crippen LogP contribution in [0.5, 0.6) is 0 Å². The van der Waals surface area contributed by atoms with E-state index >= 15 is 0 Å². The molecule has 17 heavy (non-hydrogen) atoms. The molecule has 0 unspecified atom stereocenters. The van der Waals surface area contributed by atoms with E-state index in [0.717, 1.165) is 0 Å². The molecule has 0 spiro atoms. The van der Waals surface area contributed by atoms with Crippen molar-refractivity contribution in [1.82, 2.24) is 0 Å². The summed E-state index contributed by atoms with van der Waals surface area (Å²) in [6, 6.07) is 3.17. The molecule has 1 aromatic rings. The van der Waals surface area contributed by atoms with E-state index in [2.05, 4.69) is 0 Å². The summed E-state index contributed by atoms with van der Waals surface area (Å²) >= 11 is 0. The molecule has 0 aliphatic rings. The van der Waals surface area contributed by atoms with Gasteiger partial charge in [0.1, 0.15) is 0 Å². The molecule has 1 heterocycles. The zero-order valence-corrected chi connectivity index (χ0v) is 11.2. The van der Waals surface area contributed by atoms with Gasteiger partial charge in [0.15, 0.2) is 11.5 Å². The maximum absolute atomic E-state index is 7.46. The molecule has 7 heteroatoms.